The van der Waals surface area contributed by atoms with Crippen molar-refractivity contribution in [2.75, 3.05) is 0 Å². The predicted octanol–water partition coefficient (Wildman–Crippen LogP) is 8.05. The van der Waals surface area contributed by atoms with E-state index in [4.69, 9.17) is 0 Å². The van der Waals surface area contributed by atoms with E-state index in [1.54, 1.807) is 89.9 Å². The van der Waals surface area contributed by atoms with Gasteiger partial charge in [-0.15, -0.1) is 0 Å². The molecular formula is C24H42. The van der Waals surface area contributed by atoms with E-state index in [2.05, 4.69) is 13.8 Å². The number of hydrogen-bond donors (Lipinski definition) is 0. The summed E-state index contributed by atoms with van der Waals surface area (Å²) < 4.78 is 0. The van der Waals surface area contributed by atoms with Gasteiger partial charge in [0.25, 0.3) is 0 Å². The summed E-state index contributed by atoms with van der Waals surface area (Å²) in [7, 11) is 0. The van der Waals surface area contributed by atoms with Crippen molar-refractivity contribution in [2.24, 2.45) is 21.7 Å². The van der Waals surface area contributed by atoms with Gasteiger partial charge in [0.1, 0.15) is 0 Å². The van der Waals surface area contributed by atoms with Gasteiger partial charge in [-0.2, -0.15) is 0 Å². The van der Waals surface area contributed by atoms with Crippen LogP contribution in [-0.2, 0) is 0 Å². The van der Waals surface area contributed by atoms with Gasteiger partial charge in [-0.05, 0) is 112 Å². The average molecular weight is 331 g/mol. The maximum Gasteiger partial charge on any atom is -0.0240 e. The molecule has 0 amide bonds. The Labute approximate surface area is 151 Å². The average Bonchev–Trinajstić information content (AvgIpc) is 2.68. The molecule has 0 saturated heterocycles. The monoisotopic (exact) mass is 330 g/mol. The molecule has 0 aromatic heterocycles. The molecule has 0 aromatic rings. The standard InChI is InChI=1S/C24H42/c1-3-5-7-21-9-15-23(16-10-21,17-11-21)24-18-12-22(13-19-24,14-20-24)8-6-4-2/h3-20H2,1-2H3. The predicted molar refractivity (Wildman–Crippen MR) is 104 cm³/mol. The number of rotatable bonds is 7. The van der Waals surface area contributed by atoms with Crippen LogP contribution in [0, 0.1) is 21.7 Å². The molecular weight excluding hydrogens is 288 g/mol. The molecule has 6 aliphatic rings. The van der Waals surface area contributed by atoms with Gasteiger partial charge in [0.05, 0.1) is 0 Å². The minimum Gasteiger partial charge on any atom is -0.0654 e. The Morgan fingerprint density at radius 2 is 0.750 bits per heavy atom. The SMILES string of the molecule is CCCCC12CCC(C34CCC(CCCC)(CC3)CC4)(CC1)CC2. The fraction of sp³-hybridized carbons (Fsp3) is 1.00. The lowest BCUT2D eigenvalue weighted by Crippen LogP contribution is -2.56. The topological polar surface area (TPSA) is 0 Å². The summed E-state index contributed by atoms with van der Waals surface area (Å²) in [4.78, 5) is 0. The fourth-order valence-electron chi connectivity index (χ4n) is 7.97. The summed E-state index contributed by atoms with van der Waals surface area (Å²) in [5.41, 5.74) is 3.17. The number of hydrogen-bond acceptors (Lipinski definition) is 0. The first-order valence-electron chi connectivity index (χ1n) is 11.6. The van der Waals surface area contributed by atoms with Crippen molar-refractivity contribution in [3.63, 3.8) is 0 Å². The molecule has 138 valence electrons. The number of fused-ring (bicyclic) bond motifs is 6. The molecule has 6 aliphatic carbocycles. The molecule has 0 nitrogen and oxygen atoms in total. The molecule has 4 bridgehead atoms. The lowest BCUT2D eigenvalue weighted by atomic mass is 9.38. The van der Waals surface area contributed by atoms with E-state index in [1.165, 1.54) is 25.7 Å². The Kier molecular flexibility index (Phi) is 4.58. The highest BCUT2D eigenvalue weighted by Gasteiger charge is 2.61. The molecule has 0 N–H and O–H groups in total. The van der Waals surface area contributed by atoms with Gasteiger partial charge in [-0.3, -0.25) is 0 Å². The Hall–Kier alpha value is 0. The van der Waals surface area contributed by atoms with Crippen LogP contribution in [0.5, 0.6) is 0 Å². The van der Waals surface area contributed by atoms with Crippen LogP contribution < -0.4 is 0 Å². The second-order valence-corrected chi connectivity index (χ2v) is 10.8. The first kappa shape index (κ1) is 17.4. The van der Waals surface area contributed by atoms with Gasteiger partial charge >= 0.3 is 0 Å². The quantitative estimate of drug-likeness (QED) is 0.443. The van der Waals surface area contributed by atoms with Crippen molar-refractivity contribution in [3.8, 4) is 0 Å². The molecule has 0 aliphatic heterocycles. The molecule has 24 heavy (non-hydrogen) atoms. The molecule has 0 atom stereocenters. The third-order valence-electron chi connectivity index (χ3n) is 10.0. The van der Waals surface area contributed by atoms with E-state index in [0.29, 0.717) is 0 Å². The third kappa shape index (κ3) is 2.61. The van der Waals surface area contributed by atoms with Crippen LogP contribution in [0.25, 0.3) is 0 Å². The van der Waals surface area contributed by atoms with Gasteiger partial charge in [0.15, 0.2) is 0 Å². The van der Waals surface area contributed by atoms with E-state index in [-0.39, 0.29) is 0 Å². The molecule has 0 heteroatoms. The molecule has 0 aromatic carbocycles. The summed E-state index contributed by atoms with van der Waals surface area (Å²) in [6, 6.07) is 0. The maximum atomic E-state index is 2.38. The summed E-state index contributed by atoms with van der Waals surface area (Å²) in [5.74, 6) is 0. The Bertz CT molecular complexity index is 354. The van der Waals surface area contributed by atoms with Gasteiger partial charge in [-0.25, -0.2) is 0 Å². The lowest BCUT2D eigenvalue weighted by Gasteiger charge is -2.67. The van der Waals surface area contributed by atoms with Crippen molar-refractivity contribution in [1.29, 1.82) is 0 Å². The van der Waals surface area contributed by atoms with E-state index < -0.39 is 0 Å². The van der Waals surface area contributed by atoms with Crippen LogP contribution in [0.4, 0.5) is 0 Å². The summed E-state index contributed by atoms with van der Waals surface area (Å²) in [6.07, 6.45) is 28.1. The zero-order valence-electron chi connectivity index (χ0n) is 16.7. The molecule has 0 spiro atoms. The number of unbranched alkanes of at least 4 members (excludes halogenated alkanes) is 2. The fourth-order valence-corrected chi connectivity index (χ4v) is 7.97. The first-order chi connectivity index (χ1) is 11.6. The zero-order chi connectivity index (χ0) is 16.7. The molecule has 6 saturated carbocycles. The summed E-state index contributed by atoms with van der Waals surface area (Å²) in [6.45, 7) is 4.75. The van der Waals surface area contributed by atoms with Crippen LogP contribution in [0.2, 0.25) is 0 Å². The third-order valence-corrected chi connectivity index (χ3v) is 10.0. The second-order valence-electron chi connectivity index (χ2n) is 10.8. The van der Waals surface area contributed by atoms with E-state index in [1.807, 2.05) is 0 Å². The summed E-state index contributed by atoms with van der Waals surface area (Å²) in [5, 5.41) is 0. The van der Waals surface area contributed by atoms with Gasteiger partial charge < -0.3 is 0 Å². The largest absolute Gasteiger partial charge is 0.0654 e. The molecule has 0 radical (unpaired) electrons. The Morgan fingerprint density at radius 1 is 0.458 bits per heavy atom. The van der Waals surface area contributed by atoms with E-state index in [9.17, 15) is 0 Å². The Balaban J connectivity index is 1.43. The maximum absolute atomic E-state index is 2.38. The van der Waals surface area contributed by atoms with Crippen LogP contribution in [0.3, 0.4) is 0 Å². The lowest BCUT2D eigenvalue weighted by molar-refractivity contribution is -0.162. The van der Waals surface area contributed by atoms with Crippen molar-refractivity contribution < 1.29 is 0 Å². The Morgan fingerprint density at radius 3 is 1.00 bits per heavy atom. The van der Waals surface area contributed by atoms with Crippen LogP contribution >= 0.6 is 0 Å². The van der Waals surface area contributed by atoms with Crippen molar-refractivity contribution >= 4 is 0 Å². The van der Waals surface area contributed by atoms with Gasteiger partial charge in [-0.1, -0.05) is 39.5 Å². The van der Waals surface area contributed by atoms with Gasteiger partial charge in [0, 0.05) is 0 Å². The van der Waals surface area contributed by atoms with E-state index >= 15 is 0 Å². The highest BCUT2D eigenvalue weighted by atomic mass is 14.7. The molecule has 0 unspecified atom stereocenters. The zero-order valence-corrected chi connectivity index (χ0v) is 16.7. The van der Waals surface area contributed by atoms with Gasteiger partial charge in [0.2, 0.25) is 0 Å². The van der Waals surface area contributed by atoms with Crippen LogP contribution in [0.15, 0.2) is 0 Å². The molecule has 0 heterocycles. The van der Waals surface area contributed by atoms with Crippen molar-refractivity contribution in [3.05, 3.63) is 0 Å². The van der Waals surface area contributed by atoms with E-state index in [0.717, 1.165) is 21.7 Å². The second kappa shape index (κ2) is 6.31. The van der Waals surface area contributed by atoms with Crippen molar-refractivity contribution in [1.82, 2.24) is 0 Å². The summed E-state index contributed by atoms with van der Waals surface area (Å²) >= 11 is 0. The smallest absolute Gasteiger partial charge is 0.0240 e. The normalized spacial score (nSPS) is 47.2. The van der Waals surface area contributed by atoms with Crippen molar-refractivity contribution in [2.45, 2.75) is 129 Å². The minimum absolute atomic E-state index is 0.790. The van der Waals surface area contributed by atoms with Crippen LogP contribution in [-0.4, -0.2) is 0 Å². The highest BCUT2D eigenvalue weighted by Crippen LogP contribution is 2.73. The molecule has 6 fully saturated rings. The molecule has 6 rings (SSSR count). The van der Waals surface area contributed by atoms with Crippen LogP contribution in [0.1, 0.15) is 129 Å². The first-order valence-corrected chi connectivity index (χ1v) is 11.6. The minimum atomic E-state index is 0.790. The highest BCUT2D eigenvalue weighted by molar-refractivity contribution is 5.12.